The topological polar surface area (TPSA) is 59.3 Å². The number of pyridine rings is 1. The summed E-state index contributed by atoms with van der Waals surface area (Å²) < 4.78 is 1.74. The van der Waals surface area contributed by atoms with Crippen LogP contribution in [0.2, 0.25) is 0 Å². The van der Waals surface area contributed by atoms with Gasteiger partial charge in [0.25, 0.3) is 5.91 Å². The molecule has 5 heteroatoms. The molecule has 0 aliphatic heterocycles. The van der Waals surface area contributed by atoms with Crippen LogP contribution in [0, 0.1) is 0 Å². The predicted molar refractivity (Wildman–Crippen MR) is 84.0 cm³/mol. The number of anilines is 1. The van der Waals surface area contributed by atoms with Gasteiger partial charge in [0.1, 0.15) is 0 Å². The third-order valence-electron chi connectivity index (χ3n) is 4.13. The standard InChI is InChI=1S/C17H16N4O/c22-17(13-6-2-1-3-7-13)18-14-10-5-11-21-16(14)19-15(20-21)12-8-4-9-12/h1-3,5-7,10-12H,4,8-9H2,(H,18,22). The Bertz CT molecular complexity index is 821. The number of nitrogens with one attached hydrogen (secondary N) is 1. The van der Waals surface area contributed by atoms with Crippen molar-refractivity contribution in [3.8, 4) is 0 Å². The maximum absolute atomic E-state index is 12.3. The normalized spacial score (nSPS) is 14.7. The van der Waals surface area contributed by atoms with Crippen LogP contribution in [0.4, 0.5) is 5.69 Å². The van der Waals surface area contributed by atoms with Crippen molar-refractivity contribution in [1.82, 2.24) is 14.6 Å². The van der Waals surface area contributed by atoms with E-state index in [4.69, 9.17) is 0 Å². The van der Waals surface area contributed by atoms with Gasteiger partial charge in [-0.25, -0.2) is 9.50 Å². The Morgan fingerprint density at radius 1 is 1.14 bits per heavy atom. The van der Waals surface area contributed by atoms with E-state index < -0.39 is 0 Å². The molecule has 1 saturated carbocycles. The minimum atomic E-state index is -0.137. The number of rotatable bonds is 3. The molecule has 0 unspecified atom stereocenters. The lowest BCUT2D eigenvalue weighted by Crippen LogP contribution is -2.12. The second-order valence-electron chi connectivity index (χ2n) is 5.61. The molecule has 0 saturated heterocycles. The highest BCUT2D eigenvalue weighted by atomic mass is 16.1. The largest absolute Gasteiger partial charge is 0.319 e. The average molecular weight is 292 g/mol. The Balaban J connectivity index is 1.66. The van der Waals surface area contributed by atoms with Gasteiger partial charge < -0.3 is 5.32 Å². The second-order valence-corrected chi connectivity index (χ2v) is 5.61. The van der Waals surface area contributed by atoms with Gasteiger partial charge in [0.15, 0.2) is 11.5 Å². The van der Waals surface area contributed by atoms with Crippen LogP contribution in [0.15, 0.2) is 48.7 Å². The van der Waals surface area contributed by atoms with Gasteiger partial charge in [-0.05, 0) is 37.1 Å². The SMILES string of the molecule is O=C(Nc1cccn2nc(C3CCC3)nc12)c1ccccc1. The summed E-state index contributed by atoms with van der Waals surface area (Å²) in [6, 6.07) is 12.9. The Morgan fingerprint density at radius 3 is 2.68 bits per heavy atom. The van der Waals surface area contributed by atoms with Crippen molar-refractivity contribution >= 4 is 17.2 Å². The van der Waals surface area contributed by atoms with Crippen LogP contribution >= 0.6 is 0 Å². The fourth-order valence-corrected chi connectivity index (χ4v) is 2.64. The molecule has 1 amide bonds. The highest BCUT2D eigenvalue weighted by molar-refractivity contribution is 6.05. The van der Waals surface area contributed by atoms with E-state index >= 15 is 0 Å². The van der Waals surface area contributed by atoms with E-state index in [9.17, 15) is 4.79 Å². The molecule has 1 N–H and O–H groups in total. The fourth-order valence-electron chi connectivity index (χ4n) is 2.64. The van der Waals surface area contributed by atoms with Crippen LogP contribution in [0.5, 0.6) is 0 Å². The van der Waals surface area contributed by atoms with Crippen LogP contribution in [0.3, 0.4) is 0 Å². The van der Waals surface area contributed by atoms with Gasteiger partial charge in [0.2, 0.25) is 0 Å². The monoisotopic (exact) mass is 292 g/mol. The van der Waals surface area contributed by atoms with Gasteiger partial charge in [-0.1, -0.05) is 24.6 Å². The third kappa shape index (κ3) is 2.24. The van der Waals surface area contributed by atoms with Gasteiger partial charge in [-0.2, -0.15) is 5.10 Å². The van der Waals surface area contributed by atoms with Gasteiger partial charge in [0.05, 0.1) is 5.69 Å². The van der Waals surface area contributed by atoms with Crippen LogP contribution in [-0.4, -0.2) is 20.5 Å². The number of fused-ring (bicyclic) bond motifs is 1. The van der Waals surface area contributed by atoms with Crippen molar-refractivity contribution in [2.24, 2.45) is 0 Å². The molecule has 5 nitrogen and oxygen atoms in total. The summed E-state index contributed by atoms with van der Waals surface area (Å²) in [5.74, 6) is 1.21. The number of aromatic nitrogens is 3. The zero-order valence-corrected chi connectivity index (χ0v) is 12.1. The summed E-state index contributed by atoms with van der Waals surface area (Å²) in [7, 11) is 0. The molecule has 0 bridgehead atoms. The van der Waals surface area contributed by atoms with E-state index in [1.165, 1.54) is 6.42 Å². The summed E-state index contributed by atoms with van der Waals surface area (Å²) in [5, 5.41) is 7.46. The summed E-state index contributed by atoms with van der Waals surface area (Å²) in [6.07, 6.45) is 5.42. The van der Waals surface area contributed by atoms with Crippen LogP contribution < -0.4 is 5.32 Å². The number of carbonyl (C=O) groups is 1. The predicted octanol–water partition coefficient (Wildman–Crippen LogP) is 3.25. The molecular weight excluding hydrogens is 276 g/mol. The quantitative estimate of drug-likeness (QED) is 0.806. The number of carbonyl (C=O) groups excluding carboxylic acids is 1. The first-order valence-electron chi connectivity index (χ1n) is 7.53. The number of amides is 1. The third-order valence-corrected chi connectivity index (χ3v) is 4.13. The van der Waals surface area contributed by atoms with Gasteiger partial charge in [0, 0.05) is 17.7 Å². The Labute approximate surface area is 128 Å². The molecule has 0 radical (unpaired) electrons. The molecule has 4 rings (SSSR count). The van der Waals surface area contributed by atoms with E-state index in [1.807, 2.05) is 36.5 Å². The molecular formula is C17H16N4O. The smallest absolute Gasteiger partial charge is 0.255 e. The Kier molecular flexibility index (Phi) is 3.11. The van der Waals surface area contributed by atoms with E-state index in [0.717, 1.165) is 18.7 Å². The summed E-state index contributed by atoms with van der Waals surface area (Å²) >= 11 is 0. The highest BCUT2D eigenvalue weighted by Crippen LogP contribution is 2.35. The fraction of sp³-hybridized carbons (Fsp3) is 0.235. The molecule has 110 valence electrons. The maximum Gasteiger partial charge on any atom is 0.255 e. The van der Waals surface area contributed by atoms with Crippen molar-refractivity contribution in [3.63, 3.8) is 0 Å². The van der Waals surface area contributed by atoms with Gasteiger partial charge in [-0.15, -0.1) is 0 Å². The minimum absolute atomic E-state index is 0.137. The highest BCUT2D eigenvalue weighted by Gasteiger charge is 2.24. The first-order valence-corrected chi connectivity index (χ1v) is 7.53. The molecule has 3 aromatic rings. The van der Waals surface area contributed by atoms with E-state index in [0.29, 0.717) is 22.8 Å². The zero-order valence-electron chi connectivity index (χ0n) is 12.1. The van der Waals surface area contributed by atoms with Crippen molar-refractivity contribution < 1.29 is 4.79 Å². The average Bonchev–Trinajstić information content (AvgIpc) is 2.90. The molecule has 22 heavy (non-hydrogen) atoms. The van der Waals surface area contributed by atoms with E-state index in [2.05, 4.69) is 15.4 Å². The van der Waals surface area contributed by atoms with Crippen LogP contribution in [0.25, 0.3) is 5.65 Å². The van der Waals surface area contributed by atoms with Crippen LogP contribution in [0.1, 0.15) is 41.4 Å². The van der Waals surface area contributed by atoms with Crippen LogP contribution in [-0.2, 0) is 0 Å². The van der Waals surface area contributed by atoms with Crippen molar-refractivity contribution in [2.45, 2.75) is 25.2 Å². The first-order chi connectivity index (χ1) is 10.8. The number of benzene rings is 1. The second kappa shape index (κ2) is 5.26. The summed E-state index contributed by atoms with van der Waals surface area (Å²) in [5.41, 5.74) is 2.02. The lowest BCUT2D eigenvalue weighted by Gasteiger charge is -2.21. The number of hydrogen-bond donors (Lipinski definition) is 1. The number of nitrogens with zero attached hydrogens (tertiary/aromatic N) is 3. The molecule has 1 aliphatic rings. The Morgan fingerprint density at radius 2 is 1.95 bits per heavy atom. The molecule has 0 spiro atoms. The van der Waals surface area contributed by atoms with Gasteiger partial charge >= 0.3 is 0 Å². The Hall–Kier alpha value is -2.69. The molecule has 1 aromatic carbocycles. The van der Waals surface area contributed by atoms with Crippen molar-refractivity contribution in [2.75, 3.05) is 5.32 Å². The lowest BCUT2D eigenvalue weighted by molar-refractivity contribution is 0.102. The summed E-state index contributed by atoms with van der Waals surface area (Å²) in [6.45, 7) is 0. The molecule has 2 aromatic heterocycles. The molecule has 1 fully saturated rings. The lowest BCUT2D eigenvalue weighted by atomic mass is 9.85. The summed E-state index contributed by atoms with van der Waals surface area (Å²) in [4.78, 5) is 16.9. The number of hydrogen-bond acceptors (Lipinski definition) is 3. The van der Waals surface area contributed by atoms with E-state index in [1.54, 1.807) is 16.6 Å². The molecule has 0 atom stereocenters. The molecule has 1 aliphatic carbocycles. The van der Waals surface area contributed by atoms with E-state index in [-0.39, 0.29) is 5.91 Å². The van der Waals surface area contributed by atoms with Crippen molar-refractivity contribution in [3.05, 3.63) is 60.0 Å². The molecule has 2 heterocycles. The maximum atomic E-state index is 12.3. The minimum Gasteiger partial charge on any atom is -0.319 e. The van der Waals surface area contributed by atoms with Gasteiger partial charge in [-0.3, -0.25) is 4.79 Å². The van der Waals surface area contributed by atoms with Crippen molar-refractivity contribution in [1.29, 1.82) is 0 Å². The first kappa shape index (κ1) is 13.0. The zero-order chi connectivity index (χ0) is 14.9.